The molecule has 0 aliphatic carbocycles. The van der Waals surface area contributed by atoms with E-state index in [0.29, 0.717) is 23.8 Å². The van der Waals surface area contributed by atoms with Gasteiger partial charge in [0.2, 0.25) is 0 Å². The summed E-state index contributed by atoms with van der Waals surface area (Å²) in [7, 11) is 0. The van der Waals surface area contributed by atoms with Gasteiger partial charge in [0.25, 0.3) is 5.91 Å². The van der Waals surface area contributed by atoms with Crippen molar-refractivity contribution in [3.05, 3.63) is 41.0 Å². The van der Waals surface area contributed by atoms with Crippen molar-refractivity contribution in [2.24, 2.45) is 0 Å². The van der Waals surface area contributed by atoms with Crippen molar-refractivity contribution in [3.8, 4) is 11.3 Å². The van der Waals surface area contributed by atoms with Gasteiger partial charge in [0.15, 0.2) is 0 Å². The van der Waals surface area contributed by atoms with E-state index in [1.807, 2.05) is 24.3 Å². The highest BCUT2D eigenvalue weighted by Gasteiger charge is 2.19. The largest absolute Gasteiger partial charge is 0.349 e. The quantitative estimate of drug-likeness (QED) is 0.837. The summed E-state index contributed by atoms with van der Waals surface area (Å²) >= 11 is 5.94. The third kappa shape index (κ3) is 1.80. The van der Waals surface area contributed by atoms with Crippen LogP contribution in [0.3, 0.4) is 0 Å². The van der Waals surface area contributed by atoms with E-state index in [1.54, 1.807) is 10.7 Å². The van der Waals surface area contributed by atoms with Crippen molar-refractivity contribution in [3.63, 3.8) is 0 Å². The van der Waals surface area contributed by atoms with E-state index in [4.69, 9.17) is 11.6 Å². The minimum atomic E-state index is -0.0722. The molecule has 86 valence electrons. The fourth-order valence-electron chi connectivity index (χ4n) is 1.92. The summed E-state index contributed by atoms with van der Waals surface area (Å²) in [6.45, 7) is 1.34. The molecule has 1 amide bonds. The fourth-order valence-corrected chi connectivity index (χ4v) is 2.12. The lowest BCUT2D eigenvalue weighted by atomic mass is 10.1. The molecule has 2 aromatic rings. The highest BCUT2D eigenvalue weighted by molar-refractivity contribution is 6.30. The Balaban J connectivity index is 2.08. The van der Waals surface area contributed by atoms with E-state index < -0.39 is 0 Å². The topological polar surface area (TPSA) is 46.9 Å². The molecule has 17 heavy (non-hydrogen) atoms. The second kappa shape index (κ2) is 3.89. The summed E-state index contributed by atoms with van der Waals surface area (Å²) in [5.74, 6) is -0.0722. The maximum absolute atomic E-state index is 11.6. The van der Waals surface area contributed by atoms with Gasteiger partial charge in [0.05, 0.1) is 12.2 Å². The van der Waals surface area contributed by atoms with Gasteiger partial charge in [0.1, 0.15) is 5.69 Å². The van der Waals surface area contributed by atoms with Crippen molar-refractivity contribution in [1.82, 2.24) is 15.1 Å². The van der Waals surface area contributed by atoms with Gasteiger partial charge < -0.3 is 5.32 Å². The van der Waals surface area contributed by atoms with Crippen LogP contribution in [-0.4, -0.2) is 22.2 Å². The predicted molar refractivity (Wildman–Crippen MR) is 65.0 cm³/mol. The van der Waals surface area contributed by atoms with Gasteiger partial charge in [-0.05, 0) is 18.2 Å². The fraction of sp³-hybridized carbons (Fsp3) is 0.167. The highest BCUT2D eigenvalue weighted by Crippen LogP contribution is 2.23. The molecule has 0 bridgehead atoms. The van der Waals surface area contributed by atoms with Crippen LogP contribution in [-0.2, 0) is 6.54 Å². The molecule has 1 aliphatic heterocycles. The predicted octanol–water partition coefficient (Wildman–Crippen LogP) is 1.95. The number of fused-ring (bicyclic) bond motifs is 1. The monoisotopic (exact) mass is 247 g/mol. The van der Waals surface area contributed by atoms with Crippen molar-refractivity contribution in [2.75, 3.05) is 6.54 Å². The minimum absolute atomic E-state index is 0.0722. The van der Waals surface area contributed by atoms with E-state index in [0.717, 1.165) is 11.3 Å². The number of benzene rings is 1. The lowest BCUT2D eigenvalue weighted by Crippen LogP contribution is -2.35. The Bertz CT molecular complexity index is 591. The highest BCUT2D eigenvalue weighted by atomic mass is 35.5. The summed E-state index contributed by atoms with van der Waals surface area (Å²) in [6.07, 6.45) is 0. The van der Waals surface area contributed by atoms with Gasteiger partial charge in [-0.15, -0.1) is 0 Å². The number of rotatable bonds is 1. The molecule has 0 radical (unpaired) electrons. The Hall–Kier alpha value is -1.81. The first-order valence-electron chi connectivity index (χ1n) is 5.36. The number of aromatic nitrogens is 2. The number of halogens is 1. The molecule has 1 aromatic heterocycles. The first-order chi connectivity index (χ1) is 8.24. The smallest absolute Gasteiger partial charge is 0.269 e. The van der Waals surface area contributed by atoms with Crippen LogP contribution in [0.5, 0.6) is 0 Å². The van der Waals surface area contributed by atoms with E-state index in [1.165, 1.54) is 0 Å². The Labute approximate surface area is 103 Å². The van der Waals surface area contributed by atoms with Gasteiger partial charge in [-0.2, -0.15) is 5.10 Å². The third-order valence-corrected chi connectivity index (χ3v) is 2.98. The number of hydrogen-bond acceptors (Lipinski definition) is 2. The second-order valence-corrected chi connectivity index (χ2v) is 4.34. The van der Waals surface area contributed by atoms with Crippen molar-refractivity contribution in [1.29, 1.82) is 0 Å². The van der Waals surface area contributed by atoms with Crippen molar-refractivity contribution >= 4 is 17.5 Å². The molecule has 1 aliphatic rings. The molecule has 4 nitrogen and oxygen atoms in total. The van der Waals surface area contributed by atoms with Gasteiger partial charge in [0, 0.05) is 17.1 Å². The first kappa shape index (κ1) is 10.4. The summed E-state index contributed by atoms with van der Waals surface area (Å²) in [5, 5.41) is 7.86. The van der Waals surface area contributed by atoms with Gasteiger partial charge in [-0.1, -0.05) is 23.7 Å². The van der Waals surface area contributed by atoms with Gasteiger partial charge in [-0.25, -0.2) is 0 Å². The lowest BCUT2D eigenvalue weighted by molar-refractivity contribution is 0.0924. The van der Waals surface area contributed by atoms with Crippen LogP contribution >= 0.6 is 11.6 Å². The number of nitrogens with zero attached hydrogens (tertiary/aromatic N) is 2. The van der Waals surface area contributed by atoms with Crippen LogP contribution in [0, 0.1) is 0 Å². The molecule has 0 spiro atoms. The molecule has 3 rings (SSSR count). The Morgan fingerprint density at radius 2 is 2.24 bits per heavy atom. The lowest BCUT2D eigenvalue weighted by Gasteiger charge is -2.13. The van der Waals surface area contributed by atoms with Crippen molar-refractivity contribution in [2.45, 2.75) is 6.54 Å². The molecule has 0 saturated carbocycles. The summed E-state index contributed by atoms with van der Waals surface area (Å²) < 4.78 is 1.73. The zero-order valence-electron chi connectivity index (χ0n) is 8.98. The molecule has 0 unspecified atom stereocenters. The molecule has 0 atom stereocenters. The standard InChI is InChI=1S/C12H10ClN3O/c13-9-3-1-2-8(6-9)10-7-11-12(17)14-4-5-16(11)15-10/h1-3,6-7H,4-5H2,(H,14,17). The van der Waals surface area contributed by atoms with Gasteiger partial charge in [-0.3, -0.25) is 9.48 Å². The van der Waals surface area contributed by atoms with E-state index >= 15 is 0 Å². The van der Waals surface area contributed by atoms with E-state index in [-0.39, 0.29) is 5.91 Å². The summed E-state index contributed by atoms with van der Waals surface area (Å²) in [6, 6.07) is 9.25. The molecular weight excluding hydrogens is 238 g/mol. The maximum Gasteiger partial charge on any atom is 0.269 e. The average molecular weight is 248 g/mol. The number of carbonyl (C=O) groups excluding carboxylic acids is 1. The van der Waals surface area contributed by atoms with E-state index in [9.17, 15) is 4.79 Å². The minimum Gasteiger partial charge on any atom is -0.349 e. The van der Waals surface area contributed by atoms with Crippen LogP contribution in [0.4, 0.5) is 0 Å². The van der Waals surface area contributed by atoms with Gasteiger partial charge >= 0.3 is 0 Å². The normalized spacial score (nSPS) is 14.3. The number of carbonyl (C=O) groups is 1. The average Bonchev–Trinajstić information content (AvgIpc) is 2.74. The maximum atomic E-state index is 11.6. The molecule has 1 N–H and O–H groups in total. The Kier molecular flexibility index (Phi) is 2.37. The molecule has 5 heteroatoms. The number of amides is 1. The molecule has 2 heterocycles. The zero-order chi connectivity index (χ0) is 11.8. The Morgan fingerprint density at radius 1 is 1.35 bits per heavy atom. The summed E-state index contributed by atoms with van der Waals surface area (Å²) in [4.78, 5) is 11.6. The van der Waals surface area contributed by atoms with Crippen LogP contribution in [0.1, 0.15) is 10.5 Å². The Morgan fingerprint density at radius 3 is 3.00 bits per heavy atom. The number of nitrogens with one attached hydrogen (secondary N) is 1. The van der Waals surface area contributed by atoms with Crippen LogP contribution in [0.2, 0.25) is 5.02 Å². The number of hydrogen-bond donors (Lipinski definition) is 1. The second-order valence-electron chi connectivity index (χ2n) is 3.90. The van der Waals surface area contributed by atoms with Crippen LogP contribution in [0.25, 0.3) is 11.3 Å². The molecule has 0 fully saturated rings. The first-order valence-corrected chi connectivity index (χ1v) is 5.74. The third-order valence-electron chi connectivity index (χ3n) is 2.74. The van der Waals surface area contributed by atoms with Crippen LogP contribution in [0.15, 0.2) is 30.3 Å². The van der Waals surface area contributed by atoms with E-state index in [2.05, 4.69) is 10.4 Å². The molecule has 0 saturated heterocycles. The molecule has 1 aromatic carbocycles. The molecular formula is C12H10ClN3O. The van der Waals surface area contributed by atoms with Crippen LogP contribution < -0.4 is 5.32 Å². The van der Waals surface area contributed by atoms with Crippen molar-refractivity contribution < 1.29 is 4.79 Å². The summed E-state index contributed by atoms with van der Waals surface area (Å²) in [5.41, 5.74) is 2.30. The zero-order valence-corrected chi connectivity index (χ0v) is 9.74. The SMILES string of the molecule is O=C1NCCn2nc(-c3cccc(Cl)c3)cc21.